The van der Waals surface area contributed by atoms with Crippen LogP contribution in [-0.4, -0.2) is 12.3 Å². The first-order valence-corrected chi connectivity index (χ1v) is 1.96. The van der Waals surface area contributed by atoms with Crippen LogP contribution in [0.2, 0.25) is 0 Å². The predicted molar refractivity (Wildman–Crippen MR) is 20.8 cm³/mol. The van der Waals surface area contributed by atoms with Crippen LogP contribution in [0.5, 0.6) is 0 Å². The van der Waals surface area contributed by atoms with Crippen molar-refractivity contribution in [2.24, 2.45) is 0 Å². The van der Waals surface area contributed by atoms with E-state index in [0.717, 1.165) is 6.03 Å². The fraction of sp³-hybridized carbons (Fsp3) is 0. The summed E-state index contributed by atoms with van der Waals surface area (Å²) in [6.45, 7) is 0. The Morgan fingerprint density at radius 2 is 2.25 bits per heavy atom. The second-order valence-corrected chi connectivity index (χ2v) is 0.864. The average molecular weight is 74.0 g/mol. The number of carbonyl (C=O) groups is 1. The van der Waals surface area contributed by atoms with E-state index >= 15 is 0 Å². The van der Waals surface area contributed by atoms with Gasteiger partial charge in [0.05, 0.1) is 0 Å². The van der Waals surface area contributed by atoms with Crippen molar-refractivity contribution in [3.63, 3.8) is 0 Å². The minimum Gasteiger partial charge on any atom is -0.293 e. The number of hydrogen-bond donors (Lipinski definition) is 0. The molecule has 0 rings (SSSR count). The van der Waals surface area contributed by atoms with E-state index in [1.165, 1.54) is 0 Å². The van der Waals surface area contributed by atoms with E-state index in [1.54, 1.807) is 0 Å². The minimum absolute atomic E-state index is 0.568. The Kier molecular flexibility index (Phi) is 2.73. The Labute approximate surface area is 26.4 Å². The average Bonchev–Trinajstić information content (AvgIpc) is 1.37. The fourth-order valence-corrected chi connectivity index (χ4v) is 0. The van der Waals surface area contributed by atoms with Gasteiger partial charge in [-0.05, 0) is 8.20 Å². The minimum atomic E-state index is 0.568. The second-order valence-electron chi connectivity index (χ2n) is 0.288. The van der Waals surface area contributed by atoms with Gasteiger partial charge in [0.15, 0.2) is 6.03 Å². The molecular formula is C2H3OP. The second kappa shape index (κ2) is 2.84. The Balaban J connectivity index is 2.73. The molecule has 0 unspecified atom stereocenters. The van der Waals surface area contributed by atoms with Crippen LogP contribution in [0, 0.1) is 0 Å². The van der Waals surface area contributed by atoms with Crippen LogP contribution in [0.25, 0.3) is 0 Å². The molecule has 0 saturated heterocycles. The van der Waals surface area contributed by atoms with Crippen LogP contribution >= 0.6 is 8.20 Å². The Morgan fingerprint density at radius 1 is 2.00 bits per heavy atom. The van der Waals surface area contributed by atoms with Gasteiger partial charge in [0.2, 0.25) is 0 Å². The molecule has 4 heavy (non-hydrogen) atoms. The molecular weight excluding hydrogens is 71.0 g/mol. The molecule has 0 saturated carbocycles. The molecule has 0 aliphatic rings. The summed E-state index contributed by atoms with van der Waals surface area (Å²) in [5.74, 6) is 0. The van der Waals surface area contributed by atoms with Gasteiger partial charge in [-0.3, -0.25) is 4.79 Å². The highest BCUT2D eigenvalue weighted by Gasteiger charge is 1.39. The van der Waals surface area contributed by atoms with Gasteiger partial charge in [-0.25, -0.2) is 0 Å². The van der Waals surface area contributed by atoms with Crippen LogP contribution in [0.1, 0.15) is 0 Å². The highest BCUT2D eigenvalue weighted by Crippen LogP contribution is 1.70. The van der Waals surface area contributed by atoms with Gasteiger partial charge in [-0.2, -0.15) is 0 Å². The molecule has 0 aliphatic heterocycles. The molecule has 0 aromatic rings. The molecule has 0 bridgehead atoms. The van der Waals surface area contributed by atoms with Crippen molar-refractivity contribution >= 4 is 20.5 Å². The smallest absolute Gasteiger partial charge is 0.168 e. The third-order valence-electron chi connectivity index (χ3n) is 0.0745. The number of carbonyl (C=O) groups excluding carboxylic acids is 1. The van der Waals surface area contributed by atoms with Gasteiger partial charge in [0.1, 0.15) is 0 Å². The van der Waals surface area contributed by atoms with Crippen molar-refractivity contribution in [2.45, 2.75) is 0 Å². The molecule has 0 N–H and O–H groups in total. The highest BCUT2D eigenvalue weighted by atomic mass is 31.1. The van der Waals surface area contributed by atoms with Crippen molar-refractivity contribution in [2.75, 3.05) is 0 Å². The van der Waals surface area contributed by atoms with Gasteiger partial charge in [-0.15, -0.1) is 0 Å². The SMILES string of the molecule is C=PC=O. The van der Waals surface area contributed by atoms with Gasteiger partial charge in [0.25, 0.3) is 0 Å². The lowest BCUT2D eigenvalue weighted by Crippen LogP contribution is -1.30. The Morgan fingerprint density at radius 3 is 2.25 bits per heavy atom. The molecule has 1 nitrogen and oxygen atoms in total. The van der Waals surface area contributed by atoms with Crippen molar-refractivity contribution in [3.8, 4) is 0 Å². The third-order valence-corrected chi connectivity index (χ3v) is 0.224. The van der Waals surface area contributed by atoms with E-state index < -0.39 is 0 Å². The van der Waals surface area contributed by atoms with Crippen molar-refractivity contribution in [1.29, 1.82) is 0 Å². The molecule has 0 amide bonds. The zero-order valence-corrected chi connectivity index (χ0v) is 3.03. The predicted octanol–water partition coefficient (Wildman–Crippen LogP) is 0.555. The molecule has 0 spiro atoms. The van der Waals surface area contributed by atoms with E-state index in [1.807, 2.05) is 0 Å². The molecule has 22 valence electrons. The van der Waals surface area contributed by atoms with Crippen LogP contribution in [0.3, 0.4) is 0 Å². The molecule has 0 heterocycles. The lowest BCUT2D eigenvalue weighted by Gasteiger charge is -1.36. The number of hydrogen-bond acceptors (Lipinski definition) is 1. The summed E-state index contributed by atoms with van der Waals surface area (Å²) in [5, 5.41) is 0. The largest absolute Gasteiger partial charge is 0.293 e. The maximum absolute atomic E-state index is 9.10. The summed E-state index contributed by atoms with van der Waals surface area (Å²) in [6.07, 6.45) is 3.21. The molecule has 0 aromatic heterocycles. The first-order valence-electron chi connectivity index (χ1n) is 0.810. The first-order chi connectivity index (χ1) is 1.91. The van der Waals surface area contributed by atoms with Gasteiger partial charge >= 0.3 is 0 Å². The van der Waals surface area contributed by atoms with Crippen LogP contribution in [0.15, 0.2) is 0 Å². The van der Waals surface area contributed by atoms with Crippen LogP contribution < -0.4 is 0 Å². The van der Waals surface area contributed by atoms with E-state index in [0.29, 0.717) is 8.20 Å². The maximum Gasteiger partial charge on any atom is 0.168 e. The summed E-state index contributed by atoms with van der Waals surface area (Å²) in [7, 11) is 0.568. The zero-order valence-electron chi connectivity index (χ0n) is 2.14. The summed E-state index contributed by atoms with van der Waals surface area (Å²) in [6, 6.07) is 0.736. The lowest BCUT2D eigenvalue weighted by molar-refractivity contribution is 0.570. The molecule has 0 radical (unpaired) electrons. The van der Waals surface area contributed by atoms with Crippen LogP contribution in [-0.2, 0) is 4.79 Å². The molecule has 0 aromatic carbocycles. The van der Waals surface area contributed by atoms with Crippen molar-refractivity contribution in [3.05, 3.63) is 0 Å². The third kappa shape index (κ3) is 1.84. The molecule has 0 aliphatic carbocycles. The van der Waals surface area contributed by atoms with Crippen LogP contribution in [0.4, 0.5) is 0 Å². The fourth-order valence-electron chi connectivity index (χ4n) is 0. The standard InChI is InChI=1S/C2H3OP/c1-4-2-3/h2H,1H2. The van der Waals surface area contributed by atoms with Gasteiger partial charge in [-0.1, -0.05) is 6.30 Å². The van der Waals surface area contributed by atoms with E-state index in [4.69, 9.17) is 4.79 Å². The van der Waals surface area contributed by atoms with Gasteiger partial charge in [0, 0.05) is 0 Å². The monoisotopic (exact) mass is 74.0 g/mol. The molecule has 0 fully saturated rings. The summed E-state index contributed by atoms with van der Waals surface area (Å²) < 4.78 is 0. The van der Waals surface area contributed by atoms with E-state index in [9.17, 15) is 0 Å². The maximum atomic E-state index is 9.10. The van der Waals surface area contributed by atoms with Gasteiger partial charge < -0.3 is 0 Å². The number of rotatable bonds is 1. The Bertz CT molecular complexity index is 27.0. The lowest BCUT2D eigenvalue weighted by atomic mass is 11.8. The summed E-state index contributed by atoms with van der Waals surface area (Å²) in [5.41, 5.74) is 0. The van der Waals surface area contributed by atoms with E-state index in [-0.39, 0.29) is 0 Å². The molecule has 2 heteroatoms. The molecule has 0 atom stereocenters. The quantitative estimate of drug-likeness (QED) is 0.328. The van der Waals surface area contributed by atoms with Crippen molar-refractivity contribution in [1.82, 2.24) is 0 Å². The summed E-state index contributed by atoms with van der Waals surface area (Å²) in [4.78, 5) is 9.10. The highest BCUT2D eigenvalue weighted by molar-refractivity contribution is 7.53. The van der Waals surface area contributed by atoms with Crippen molar-refractivity contribution < 1.29 is 4.79 Å². The summed E-state index contributed by atoms with van der Waals surface area (Å²) >= 11 is 0. The normalized spacial score (nSPS) is 7.00. The topological polar surface area (TPSA) is 17.1 Å². The zero-order chi connectivity index (χ0) is 3.41. The van der Waals surface area contributed by atoms with E-state index in [2.05, 4.69) is 6.30 Å². The Hall–Kier alpha value is -0.160. The first kappa shape index (κ1) is 3.84.